The molecule has 0 aliphatic carbocycles. The average molecular weight is 373 g/mol. The van der Waals surface area contributed by atoms with Gasteiger partial charge in [-0.3, -0.25) is 9.59 Å². The first-order valence-electron chi connectivity index (χ1n) is 9.14. The summed E-state index contributed by atoms with van der Waals surface area (Å²) >= 11 is 0. The molecule has 1 unspecified atom stereocenters. The van der Waals surface area contributed by atoms with Gasteiger partial charge in [0, 0.05) is 23.9 Å². The van der Waals surface area contributed by atoms with Crippen LogP contribution >= 0.6 is 0 Å². The molecule has 0 rings (SSSR count). The Morgan fingerprint density at radius 1 is 1.00 bits per heavy atom. The molecule has 0 saturated carbocycles. The number of carbonyl (C=O) groups excluding carboxylic acids is 3. The van der Waals surface area contributed by atoms with Crippen LogP contribution < -0.4 is 10.6 Å². The van der Waals surface area contributed by atoms with Gasteiger partial charge in [-0.05, 0) is 27.2 Å². The van der Waals surface area contributed by atoms with Crippen molar-refractivity contribution in [2.75, 3.05) is 33.0 Å². The highest BCUT2D eigenvalue weighted by Gasteiger charge is 2.22. The first-order chi connectivity index (χ1) is 12.0. The summed E-state index contributed by atoms with van der Waals surface area (Å²) in [5.74, 6) is -0.312. The minimum Gasteiger partial charge on any atom is -0.378 e. The van der Waals surface area contributed by atoms with E-state index < -0.39 is 11.5 Å². The van der Waals surface area contributed by atoms with Crippen LogP contribution in [0.25, 0.3) is 0 Å². The van der Waals surface area contributed by atoms with E-state index in [2.05, 4.69) is 31.4 Å². The number of aldehydes is 1. The fraction of sp³-hybridized carbons (Fsp3) is 0.842. The number of Topliss-reactive ketones (excluding diaryl/α,β-unsaturated/α-hetero) is 1. The molecule has 0 heterocycles. The molecule has 0 bridgehead atoms. The summed E-state index contributed by atoms with van der Waals surface area (Å²) in [6, 6.07) is -0.669. The molecule has 0 saturated heterocycles. The van der Waals surface area contributed by atoms with Crippen LogP contribution in [0.4, 0.5) is 0 Å². The monoisotopic (exact) mass is 372 g/mol. The molecule has 2 N–H and O–H groups in total. The summed E-state index contributed by atoms with van der Waals surface area (Å²) in [5.41, 5.74) is -0.381. The van der Waals surface area contributed by atoms with Gasteiger partial charge < -0.3 is 24.9 Å². The second-order valence-electron chi connectivity index (χ2n) is 8.36. The highest BCUT2D eigenvalue weighted by Crippen LogP contribution is 2.18. The maximum absolute atomic E-state index is 11.9. The molecule has 0 spiro atoms. The highest BCUT2D eigenvalue weighted by molar-refractivity contribution is 5.84. The second kappa shape index (κ2) is 12.1. The van der Waals surface area contributed by atoms with Crippen molar-refractivity contribution in [3.8, 4) is 0 Å². The normalized spacial score (nSPS) is 13.3. The smallest absolute Gasteiger partial charge is 0.246 e. The Balaban J connectivity index is 3.79. The first-order valence-corrected chi connectivity index (χ1v) is 9.14. The van der Waals surface area contributed by atoms with E-state index in [9.17, 15) is 14.4 Å². The minimum atomic E-state index is -0.669. The molecule has 0 aromatic heterocycles. The van der Waals surface area contributed by atoms with Crippen LogP contribution in [-0.4, -0.2) is 62.5 Å². The van der Waals surface area contributed by atoms with Gasteiger partial charge in [-0.15, -0.1) is 0 Å². The zero-order chi connectivity index (χ0) is 20.2. The molecular weight excluding hydrogens is 336 g/mol. The maximum Gasteiger partial charge on any atom is 0.246 e. The van der Waals surface area contributed by atoms with Crippen LogP contribution in [-0.2, 0) is 23.9 Å². The topological polar surface area (TPSA) is 93.7 Å². The molecule has 7 nitrogen and oxygen atoms in total. The van der Waals surface area contributed by atoms with E-state index in [0.717, 1.165) is 6.54 Å². The summed E-state index contributed by atoms with van der Waals surface area (Å²) in [6.45, 7) is 13.6. The molecule has 152 valence electrons. The van der Waals surface area contributed by atoms with Crippen molar-refractivity contribution in [2.24, 2.45) is 5.41 Å². The average Bonchev–Trinajstić information content (AvgIpc) is 2.51. The molecule has 0 fully saturated rings. The van der Waals surface area contributed by atoms with Crippen molar-refractivity contribution in [3.63, 3.8) is 0 Å². The van der Waals surface area contributed by atoms with Gasteiger partial charge in [-0.2, -0.15) is 0 Å². The molecular formula is C19H36N2O5. The Bertz CT molecular complexity index is 438. The molecule has 1 amide bonds. The van der Waals surface area contributed by atoms with E-state index in [0.29, 0.717) is 32.5 Å². The van der Waals surface area contributed by atoms with Crippen LogP contribution in [0.2, 0.25) is 0 Å². The maximum atomic E-state index is 11.9. The Labute approximate surface area is 157 Å². The zero-order valence-corrected chi connectivity index (χ0v) is 17.1. The summed E-state index contributed by atoms with van der Waals surface area (Å²) in [4.78, 5) is 34.7. The van der Waals surface area contributed by atoms with Gasteiger partial charge in [-0.1, -0.05) is 20.8 Å². The van der Waals surface area contributed by atoms with Crippen molar-refractivity contribution < 1.29 is 23.9 Å². The predicted molar refractivity (Wildman–Crippen MR) is 101 cm³/mol. The number of hydrogen-bond donors (Lipinski definition) is 2. The molecule has 0 aromatic rings. The molecule has 1 atom stereocenters. The summed E-state index contributed by atoms with van der Waals surface area (Å²) in [6.07, 6.45) is 1.21. The van der Waals surface area contributed by atoms with E-state index in [1.54, 1.807) is 0 Å². The van der Waals surface area contributed by atoms with Gasteiger partial charge in [0.25, 0.3) is 0 Å². The number of ether oxygens (including phenoxy) is 2. The molecule has 26 heavy (non-hydrogen) atoms. The van der Waals surface area contributed by atoms with Crippen molar-refractivity contribution >= 4 is 18.0 Å². The van der Waals surface area contributed by atoms with Crippen LogP contribution in [0.5, 0.6) is 0 Å². The number of ketones is 1. The lowest BCUT2D eigenvalue weighted by Gasteiger charge is -2.20. The Morgan fingerprint density at radius 3 is 2.15 bits per heavy atom. The van der Waals surface area contributed by atoms with Crippen molar-refractivity contribution in [2.45, 2.75) is 66.0 Å². The first kappa shape index (κ1) is 24.7. The predicted octanol–water partition coefficient (Wildman–Crippen LogP) is 1.49. The molecule has 0 aromatic carbocycles. The van der Waals surface area contributed by atoms with Crippen LogP contribution in [0.1, 0.15) is 54.4 Å². The molecule has 7 heteroatoms. The van der Waals surface area contributed by atoms with Crippen LogP contribution in [0, 0.1) is 5.41 Å². The molecule has 0 aliphatic heterocycles. The molecule has 0 aliphatic rings. The van der Waals surface area contributed by atoms with E-state index in [1.807, 2.05) is 20.8 Å². The zero-order valence-electron chi connectivity index (χ0n) is 17.1. The van der Waals surface area contributed by atoms with Crippen molar-refractivity contribution in [1.82, 2.24) is 10.6 Å². The Hall–Kier alpha value is -1.31. The number of rotatable bonds is 13. The van der Waals surface area contributed by atoms with Gasteiger partial charge >= 0.3 is 0 Å². The molecule has 0 radical (unpaired) electrons. The van der Waals surface area contributed by atoms with Crippen LogP contribution in [0.3, 0.4) is 0 Å². The van der Waals surface area contributed by atoms with Crippen LogP contribution in [0.15, 0.2) is 0 Å². The standard InChI is InChI=1S/C19H36N2O5/c1-18(2,3)16(23)8-7-15(13-22)21-17(24)14-26-12-11-25-10-9-20-19(4,5)6/h13,15,20H,7-12,14H2,1-6H3,(H,21,24). The SMILES string of the molecule is CC(C)(C)NCCOCCOCC(=O)NC(C=O)CCC(=O)C(C)(C)C. The van der Waals surface area contributed by atoms with Gasteiger partial charge in [-0.25, -0.2) is 0 Å². The van der Waals surface area contributed by atoms with Crippen molar-refractivity contribution in [3.05, 3.63) is 0 Å². The van der Waals surface area contributed by atoms with Gasteiger partial charge in [0.2, 0.25) is 5.91 Å². The van der Waals surface area contributed by atoms with E-state index in [-0.39, 0.29) is 30.3 Å². The third kappa shape index (κ3) is 13.9. The Kier molecular flexibility index (Phi) is 11.5. The summed E-state index contributed by atoms with van der Waals surface area (Å²) in [5, 5.41) is 5.87. The largest absolute Gasteiger partial charge is 0.378 e. The third-order valence-corrected chi connectivity index (χ3v) is 3.54. The fourth-order valence-corrected chi connectivity index (χ4v) is 1.97. The van der Waals surface area contributed by atoms with E-state index in [4.69, 9.17) is 9.47 Å². The number of hydrogen-bond acceptors (Lipinski definition) is 6. The number of amides is 1. The van der Waals surface area contributed by atoms with Gasteiger partial charge in [0.1, 0.15) is 18.7 Å². The highest BCUT2D eigenvalue weighted by atomic mass is 16.5. The van der Waals surface area contributed by atoms with Gasteiger partial charge in [0.15, 0.2) is 0 Å². The third-order valence-electron chi connectivity index (χ3n) is 3.54. The second-order valence-corrected chi connectivity index (χ2v) is 8.36. The number of carbonyl (C=O) groups is 3. The fourth-order valence-electron chi connectivity index (χ4n) is 1.97. The van der Waals surface area contributed by atoms with Gasteiger partial charge in [0.05, 0.1) is 25.9 Å². The Morgan fingerprint density at radius 2 is 1.62 bits per heavy atom. The quantitative estimate of drug-likeness (QED) is 0.376. The van der Waals surface area contributed by atoms with E-state index >= 15 is 0 Å². The number of nitrogens with one attached hydrogen (secondary N) is 2. The lowest BCUT2D eigenvalue weighted by atomic mass is 9.87. The lowest BCUT2D eigenvalue weighted by molar-refractivity contribution is -0.130. The van der Waals surface area contributed by atoms with Crippen molar-refractivity contribution in [1.29, 1.82) is 0 Å². The lowest BCUT2D eigenvalue weighted by Crippen LogP contribution is -2.39. The summed E-state index contributed by atoms with van der Waals surface area (Å²) in [7, 11) is 0. The van der Waals surface area contributed by atoms with E-state index in [1.165, 1.54) is 0 Å². The summed E-state index contributed by atoms with van der Waals surface area (Å²) < 4.78 is 10.6. The minimum absolute atomic E-state index is 0.0601.